The maximum absolute atomic E-state index is 5.61. The van der Waals surface area contributed by atoms with Gasteiger partial charge in [-0.05, 0) is 55.6 Å². The number of ether oxygens (including phenoxy) is 1. The first-order valence-electron chi connectivity index (χ1n) is 7.68. The van der Waals surface area contributed by atoms with E-state index in [1.54, 1.807) is 0 Å². The van der Waals surface area contributed by atoms with Crippen molar-refractivity contribution in [2.75, 3.05) is 13.2 Å². The first-order valence-corrected chi connectivity index (χ1v) is 7.68. The van der Waals surface area contributed by atoms with Crippen molar-refractivity contribution >= 4 is 0 Å². The molecular weight excluding hydrogens is 260 g/mol. The second-order valence-electron chi connectivity index (χ2n) is 5.08. The van der Waals surface area contributed by atoms with Crippen LogP contribution in [-0.4, -0.2) is 18.1 Å². The van der Waals surface area contributed by atoms with Gasteiger partial charge in [-0.2, -0.15) is 0 Å². The summed E-state index contributed by atoms with van der Waals surface area (Å²) in [6.07, 6.45) is 5.80. The van der Waals surface area contributed by atoms with Crippen molar-refractivity contribution in [2.45, 2.75) is 32.7 Å². The molecule has 1 aromatic carbocycles. The quantitative estimate of drug-likeness (QED) is 0.801. The Bertz CT molecular complexity index is 528. The Kier molecular flexibility index (Phi) is 6.22. The molecule has 21 heavy (non-hydrogen) atoms. The van der Waals surface area contributed by atoms with Crippen molar-refractivity contribution < 1.29 is 4.74 Å². The van der Waals surface area contributed by atoms with Gasteiger partial charge in [-0.15, -0.1) is 0 Å². The van der Waals surface area contributed by atoms with Gasteiger partial charge in [-0.25, -0.2) is 0 Å². The summed E-state index contributed by atoms with van der Waals surface area (Å²) < 4.78 is 5.61. The van der Waals surface area contributed by atoms with Crippen LogP contribution < -0.4 is 10.1 Å². The summed E-state index contributed by atoms with van der Waals surface area (Å²) in [5.41, 5.74) is 2.51. The molecule has 1 aromatic heterocycles. The molecule has 0 spiro atoms. The van der Waals surface area contributed by atoms with Crippen molar-refractivity contribution in [1.82, 2.24) is 10.3 Å². The first kappa shape index (κ1) is 15.5. The van der Waals surface area contributed by atoms with Gasteiger partial charge in [0.05, 0.1) is 6.61 Å². The van der Waals surface area contributed by atoms with Crippen LogP contribution in [0, 0.1) is 0 Å². The van der Waals surface area contributed by atoms with E-state index in [0.29, 0.717) is 6.61 Å². The summed E-state index contributed by atoms with van der Waals surface area (Å²) in [4.78, 5) is 4.21. The van der Waals surface area contributed by atoms with Crippen LogP contribution in [0.25, 0.3) is 0 Å². The Hall–Kier alpha value is -1.87. The zero-order chi connectivity index (χ0) is 14.9. The van der Waals surface area contributed by atoms with Crippen LogP contribution in [0.3, 0.4) is 0 Å². The highest BCUT2D eigenvalue weighted by molar-refractivity contribution is 5.31. The third kappa shape index (κ3) is 4.87. The molecule has 0 saturated heterocycles. The first-order chi connectivity index (χ1) is 10.3. The Morgan fingerprint density at radius 1 is 1.19 bits per heavy atom. The van der Waals surface area contributed by atoms with Crippen LogP contribution >= 0.6 is 0 Å². The zero-order valence-electron chi connectivity index (χ0n) is 12.9. The second-order valence-corrected chi connectivity index (χ2v) is 5.08. The molecule has 2 aromatic rings. The number of rotatable bonds is 8. The number of benzene rings is 1. The minimum atomic E-state index is 0.287. The van der Waals surface area contributed by atoms with Gasteiger partial charge in [0.2, 0.25) is 0 Å². The minimum absolute atomic E-state index is 0.287. The fourth-order valence-electron chi connectivity index (χ4n) is 2.37. The van der Waals surface area contributed by atoms with E-state index < -0.39 is 0 Å². The lowest BCUT2D eigenvalue weighted by molar-refractivity contribution is 0.339. The standard InChI is InChI=1S/C18H24N2O/c1-3-10-20-18(12-15-7-6-11-19-14-15)16-8-5-9-17(13-16)21-4-2/h5-9,11,13-14,18,20H,3-4,10,12H2,1-2H3. The zero-order valence-corrected chi connectivity index (χ0v) is 12.9. The molecule has 3 nitrogen and oxygen atoms in total. The second kappa shape index (κ2) is 8.42. The van der Waals surface area contributed by atoms with Gasteiger partial charge in [0.15, 0.2) is 0 Å². The molecule has 0 amide bonds. The predicted molar refractivity (Wildman–Crippen MR) is 86.6 cm³/mol. The maximum Gasteiger partial charge on any atom is 0.119 e. The van der Waals surface area contributed by atoms with Gasteiger partial charge in [-0.1, -0.05) is 25.1 Å². The SMILES string of the molecule is CCCNC(Cc1cccnc1)c1cccc(OCC)c1. The molecular formula is C18H24N2O. The fraction of sp³-hybridized carbons (Fsp3) is 0.389. The van der Waals surface area contributed by atoms with Crippen LogP contribution in [0.4, 0.5) is 0 Å². The molecule has 112 valence electrons. The van der Waals surface area contributed by atoms with Crippen molar-refractivity contribution in [3.8, 4) is 5.75 Å². The summed E-state index contributed by atoms with van der Waals surface area (Å²) in [6.45, 7) is 5.89. The fourth-order valence-corrected chi connectivity index (χ4v) is 2.37. The van der Waals surface area contributed by atoms with E-state index in [0.717, 1.165) is 25.1 Å². The normalized spacial score (nSPS) is 12.1. The number of hydrogen-bond donors (Lipinski definition) is 1. The van der Waals surface area contributed by atoms with E-state index in [1.807, 2.05) is 31.5 Å². The molecule has 1 atom stereocenters. The lowest BCUT2D eigenvalue weighted by Crippen LogP contribution is -2.24. The van der Waals surface area contributed by atoms with Crippen LogP contribution in [0.15, 0.2) is 48.8 Å². The molecule has 0 aliphatic heterocycles. The van der Waals surface area contributed by atoms with E-state index in [9.17, 15) is 0 Å². The highest BCUT2D eigenvalue weighted by Gasteiger charge is 2.12. The molecule has 1 N–H and O–H groups in total. The maximum atomic E-state index is 5.61. The van der Waals surface area contributed by atoms with Gasteiger partial charge in [0, 0.05) is 18.4 Å². The predicted octanol–water partition coefficient (Wildman–Crippen LogP) is 3.76. The van der Waals surface area contributed by atoms with Crippen LogP contribution in [0.2, 0.25) is 0 Å². The highest BCUT2D eigenvalue weighted by atomic mass is 16.5. The van der Waals surface area contributed by atoms with Crippen molar-refractivity contribution in [1.29, 1.82) is 0 Å². The van der Waals surface area contributed by atoms with Crippen molar-refractivity contribution in [3.63, 3.8) is 0 Å². The number of hydrogen-bond acceptors (Lipinski definition) is 3. The molecule has 0 bridgehead atoms. The van der Waals surface area contributed by atoms with Crippen LogP contribution in [0.1, 0.15) is 37.4 Å². The smallest absolute Gasteiger partial charge is 0.119 e. The summed E-state index contributed by atoms with van der Waals surface area (Å²) >= 11 is 0. The third-order valence-corrected chi connectivity index (χ3v) is 3.37. The largest absolute Gasteiger partial charge is 0.494 e. The summed E-state index contributed by atoms with van der Waals surface area (Å²) in [5, 5.41) is 3.62. The van der Waals surface area contributed by atoms with Gasteiger partial charge >= 0.3 is 0 Å². The average Bonchev–Trinajstić information content (AvgIpc) is 2.53. The summed E-state index contributed by atoms with van der Waals surface area (Å²) in [6, 6.07) is 12.8. The molecule has 0 aliphatic carbocycles. The average molecular weight is 284 g/mol. The number of nitrogens with one attached hydrogen (secondary N) is 1. The summed E-state index contributed by atoms with van der Waals surface area (Å²) in [7, 11) is 0. The molecule has 1 unspecified atom stereocenters. The van der Waals surface area contributed by atoms with E-state index in [2.05, 4.69) is 41.5 Å². The molecule has 2 rings (SSSR count). The monoisotopic (exact) mass is 284 g/mol. The topological polar surface area (TPSA) is 34.2 Å². The number of nitrogens with zero attached hydrogens (tertiary/aromatic N) is 1. The van der Waals surface area contributed by atoms with Gasteiger partial charge in [0.25, 0.3) is 0 Å². The van der Waals surface area contributed by atoms with Crippen molar-refractivity contribution in [3.05, 3.63) is 59.9 Å². The van der Waals surface area contributed by atoms with Crippen LogP contribution in [-0.2, 0) is 6.42 Å². The highest BCUT2D eigenvalue weighted by Crippen LogP contribution is 2.22. The Morgan fingerprint density at radius 3 is 2.81 bits per heavy atom. The Balaban J connectivity index is 2.16. The van der Waals surface area contributed by atoms with E-state index in [4.69, 9.17) is 4.74 Å². The lowest BCUT2D eigenvalue weighted by atomic mass is 9.99. The Labute approximate surface area is 127 Å². The number of aromatic nitrogens is 1. The summed E-state index contributed by atoms with van der Waals surface area (Å²) in [5.74, 6) is 0.935. The Morgan fingerprint density at radius 2 is 2.10 bits per heavy atom. The molecule has 3 heteroatoms. The van der Waals surface area contributed by atoms with E-state index in [1.165, 1.54) is 11.1 Å². The van der Waals surface area contributed by atoms with Gasteiger partial charge < -0.3 is 10.1 Å². The molecule has 1 heterocycles. The van der Waals surface area contributed by atoms with Crippen molar-refractivity contribution in [2.24, 2.45) is 0 Å². The third-order valence-electron chi connectivity index (χ3n) is 3.37. The van der Waals surface area contributed by atoms with Crippen LogP contribution in [0.5, 0.6) is 5.75 Å². The van der Waals surface area contributed by atoms with Gasteiger partial charge in [-0.3, -0.25) is 4.98 Å². The molecule has 0 aliphatic rings. The van der Waals surface area contributed by atoms with E-state index in [-0.39, 0.29) is 6.04 Å². The molecule has 0 fully saturated rings. The van der Waals surface area contributed by atoms with E-state index >= 15 is 0 Å². The van der Waals surface area contributed by atoms with Gasteiger partial charge in [0.1, 0.15) is 5.75 Å². The molecule has 0 saturated carbocycles. The lowest BCUT2D eigenvalue weighted by Gasteiger charge is -2.20. The minimum Gasteiger partial charge on any atom is -0.494 e. The number of pyridine rings is 1. The molecule has 0 radical (unpaired) electrons.